The zero-order chi connectivity index (χ0) is 6.27. The molecule has 2 aliphatic heterocycles. The lowest BCUT2D eigenvalue weighted by atomic mass is 10.0. The van der Waals surface area contributed by atoms with Gasteiger partial charge in [0.25, 0.3) is 0 Å². The van der Waals surface area contributed by atoms with Crippen LogP contribution in [0.5, 0.6) is 0 Å². The van der Waals surface area contributed by atoms with Gasteiger partial charge in [-0.15, -0.1) is 0 Å². The van der Waals surface area contributed by atoms with E-state index in [0.717, 1.165) is 18.4 Å². The SMILES string of the molecule is OCC1=CC2CCC1O2. The minimum atomic E-state index is 0.182. The molecule has 2 nitrogen and oxygen atoms in total. The van der Waals surface area contributed by atoms with Crippen molar-refractivity contribution in [3.63, 3.8) is 0 Å². The first-order valence-corrected chi connectivity index (χ1v) is 3.37. The first-order chi connectivity index (χ1) is 4.40. The van der Waals surface area contributed by atoms with Crippen LogP contribution in [0.2, 0.25) is 0 Å². The van der Waals surface area contributed by atoms with E-state index in [1.165, 1.54) is 0 Å². The van der Waals surface area contributed by atoms with E-state index in [1.54, 1.807) is 0 Å². The van der Waals surface area contributed by atoms with Crippen molar-refractivity contribution < 1.29 is 9.84 Å². The Labute approximate surface area is 54.1 Å². The number of hydrogen-bond donors (Lipinski definition) is 1. The van der Waals surface area contributed by atoms with Gasteiger partial charge in [0.15, 0.2) is 0 Å². The molecule has 1 fully saturated rings. The lowest BCUT2D eigenvalue weighted by molar-refractivity contribution is 0.110. The number of hydrogen-bond acceptors (Lipinski definition) is 2. The van der Waals surface area contributed by atoms with E-state index in [-0.39, 0.29) is 12.7 Å². The molecule has 0 amide bonds. The van der Waals surface area contributed by atoms with Crippen LogP contribution in [-0.2, 0) is 4.74 Å². The van der Waals surface area contributed by atoms with Crippen LogP contribution in [-0.4, -0.2) is 23.9 Å². The van der Waals surface area contributed by atoms with Crippen molar-refractivity contribution in [1.29, 1.82) is 0 Å². The van der Waals surface area contributed by atoms with Gasteiger partial charge >= 0.3 is 0 Å². The molecule has 2 heterocycles. The summed E-state index contributed by atoms with van der Waals surface area (Å²) in [5, 5.41) is 8.74. The van der Waals surface area contributed by atoms with E-state index >= 15 is 0 Å². The average molecular weight is 126 g/mol. The van der Waals surface area contributed by atoms with Gasteiger partial charge in [-0.05, 0) is 18.4 Å². The molecule has 0 spiro atoms. The van der Waals surface area contributed by atoms with Crippen molar-refractivity contribution in [2.45, 2.75) is 25.0 Å². The van der Waals surface area contributed by atoms with Crippen LogP contribution in [0.4, 0.5) is 0 Å². The van der Waals surface area contributed by atoms with Crippen LogP contribution >= 0.6 is 0 Å². The molecular weight excluding hydrogens is 116 g/mol. The molecule has 2 unspecified atom stereocenters. The maximum Gasteiger partial charge on any atom is 0.0817 e. The van der Waals surface area contributed by atoms with E-state index in [2.05, 4.69) is 0 Å². The Bertz CT molecular complexity index is 151. The summed E-state index contributed by atoms with van der Waals surface area (Å²) in [7, 11) is 0. The number of ether oxygens (including phenoxy) is 1. The molecule has 0 aromatic carbocycles. The molecule has 0 aliphatic carbocycles. The molecule has 0 radical (unpaired) electrons. The normalized spacial score (nSPS) is 39.4. The molecule has 2 bridgehead atoms. The maximum atomic E-state index is 8.74. The van der Waals surface area contributed by atoms with Gasteiger partial charge in [-0.2, -0.15) is 0 Å². The minimum absolute atomic E-state index is 0.182. The first-order valence-electron chi connectivity index (χ1n) is 3.37. The second kappa shape index (κ2) is 1.82. The van der Waals surface area contributed by atoms with Gasteiger partial charge in [0.05, 0.1) is 18.8 Å². The Hall–Kier alpha value is -0.340. The lowest BCUT2D eigenvalue weighted by Crippen LogP contribution is -2.07. The fraction of sp³-hybridized carbons (Fsp3) is 0.714. The summed E-state index contributed by atoms with van der Waals surface area (Å²) in [6.45, 7) is 0.182. The standard InChI is InChI=1S/C7H10O2/c8-4-5-3-6-1-2-7(5)9-6/h3,6-8H,1-2,4H2. The van der Waals surface area contributed by atoms with Gasteiger partial charge in [-0.3, -0.25) is 0 Å². The predicted octanol–water partition coefficient (Wildman–Crippen LogP) is 0.466. The summed E-state index contributed by atoms with van der Waals surface area (Å²) in [6, 6.07) is 0. The summed E-state index contributed by atoms with van der Waals surface area (Å²) in [4.78, 5) is 0. The molecule has 50 valence electrons. The highest BCUT2D eigenvalue weighted by Gasteiger charge is 2.32. The van der Waals surface area contributed by atoms with Gasteiger partial charge in [-0.1, -0.05) is 6.08 Å². The zero-order valence-electron chi connectivity index (χ0n) is 5.21. The second-order valence-corrected chi connectivity index (χ2v) is 2.64. The van der Waals surface area contributed by atoms with E-state index < -0.39 is 0 Å². The number of rotatable bonds is 1. The van der Waals surface area contributed by atoms with Crippen molar-refractivity contribution in [1.82, 2.24) is 0 Å². The Morgan fingerprint density at radius 1 is 1.67 bits per heavy atom. The topological polar surface area (TPSA) is 29.5 Å². The van der Waals surface area contributed by atoms with Crippen molar-refractivity contribution in [2.75, 3.05) is 6.61 Å². The van der Waals surface area contributed by atoms with Gasteiger partial charge in [0.1, 0.15) is 0 Å². The van der Waals surface area contributed by atoms with Gasteiger partial charge in [0, 0.05) is 0 Å². The number of aliphatic hydroxyl groups excluding tert-OH is 1. The molecular formula is C7H10O2. The van der Waals surface area contributed by atoms with Gasteiger partial charge < -0.3 is 9.84 Å². The molecule has 2 aliphatic rings. The third-order valence-electron chi connectivity index (χ3n) is 2.05. The van der Waals surface area contributed by atoms with Crippen LogP contribution in [0.3, 0.4) is 0 Å². The fourth-order valence-corrected chi connectivity index (χ4v) is 1.56. The summed E-state index contributed by atoms with van der Waals surface area (Å²) in [6.07, 6.45) is 4.90. The average Bonchev–Trinajstić information content (AvgIpc) is 2.45. The third-order valence-corrected chi connectivity index (χ3v) is 2.05. The molecule has 0 saturated carbocycles. The van der Waals surface area contributed by atoms with Crippen molar-refractivity contribution in [3.05, 3.63) is 11.6 Å². The van der Waals surface area contributed by atoms with Gasteiger partial charge in [-0.25, -0.2) is 0 Å². The zero-order valence-corrected chi connectivity index (χ0v) is 5.21. The van der Waals surface area contributed by atoms with Crippen LogP contribution in [0.25, 0.3) is 0 Å². The van der Waals surface area contributed by atoms with E-state index in [4.69, 9.17) is 9.84 Å². The largest absolute Gasteiger partial charge is 0.392 e. The van der Waals surface area contributed by atoms with Crippen molar-refractivity contribution in [2.24, 2.45) is 0 Å². The quantitative estimate of drug-likeness (QED) is 0.517. The summed E-state index contributed by atoms with van der Waals surface area (Å²) >= 11 is 0. The Kier molecular flexibility index (Phi) is 1.10. The number of aliphatic hydroxyl groups is 1. The molecule has 9 heavy (non-hydrogen) atoms. The van der Waals surface area contributed by atoms with Gasteiger partial charge in [0.2, 0.25) is 0 Å². The highest BCUT2D eigenvalue weighted by atomic mass is 16.5. The van der Waals surface area contributed by atoms with Crippen LogP contribution < -0.4 is 0 Å². The van der Waals surface area contributed by atoms with Crippen molar-refractivity contribution in [3.8, 4) is 0 Å². The molecule has 1 N–H and O–H groups in total. The monoisotopic (exact) mass is 126 g/mol. The van der Waals surface area contributed by atoms with E-state index in [1.807, 2.05) is 6.08 Å². The highest BCUT2D eigenvalue weighted by molar-refractivity contribution is 5.20. The third kappa shape index (κ3) is 0.705. The highest BCUT2D eigenvalue weighted by Crippen LogP contribution is 2.32. The maximum absolute atomic E-state index is 8.74. The summed E-state index contributed by atoms with van der Waals surface area (Å²) < 4.78 is 5.42. The first kappa shape index (κ1) is 5.45. The van der Waals surface area contributed by atoms with E-state index in [9.17, 15) is 0 Å². The molecule has 2 atom stereocenters. The molecule has 2 heteroatoms. The van der Waals surface area contributed by atoms with Crippen LogP contribution in [0.15, 0.2) is 11.6 Å². The Morgan fingerprint density at radius 3 is 2.89 bits per heavy atom. The number of fused-ring (bicyclic) bond motifs is 2. The molecule has 2 rings (SSSR count). The molecule has 1 saturated heterocycles. The van der Waals surface area contributed by atoms with Crippen molar-refractivity contribution >= 4 is 0 Å². The van der Waals surface area contributed by atoms with Crippen LogP contribution in [0.1, 0.15) is 12.8 Å². The summed E-state index contributed by atoms with van der Waals surface area (Å²) in [5.41, 5.74) is 1.09. The Balaban J connectivity index is 2.18. The van der Waals surface area contributed by atoms with E-state index in [0.29, 0.717) is 6.10 Å². The smallest absolute Gasteiger partial charge is 0.0817 e. The minimum Gasteiger partial charge on any atom is -0.392 e. The molecule has 0 aromatic rings. The predicted molar refractivity (Wildman–Crippen MR) is 33.1 cm³/mol. The summed E-state index contributed by atoms with van der Waals surface area (Å²) in [5.74, 6) is 0. The Morgan fingerprint density at radius 2 is 2.56 bits per heavy atom. The van der Waals surface area contributed by atoms with Crippen LogP contribution in [0, 0.1) is 0 Å². The second-order valence-electron chi connectivity index (χ2n) is 2.64. The fourth-order valence-electron chi connectivity index (χ4n) is 1.56. The molecule has 0 aromatic heterocycles. The lowest BCUT2D eigenvalue weighted by Gasteiger charge is -2.05.